The first kappa shape index (κ1) is 30.7. The molecule has 31 heavy (non-hydrogen) atoms. The highest BCUT2D eigenvalue weighted by atomic mass is 31.2. The van der Waals surface area contributed by atoms with Crippen LogP contribution in [0.4, 0.5) is 0 Å². The summed E-state index contributed by atoms with van der Waals surface area (Å²) in [7, 11) is -5.07. The van der Waals surface area contributed by atoms with Gasteiger partial charge in [0.15, 0.2) is 0 Å². The van der Waals surface area contributed by atoms with Gasteiger partial charge in [-0.15, -0.1) is 0 Å². The molecule has 4 N–H and O–H groups in total. The Balaban J connectivity index is 3.66. The third-order valence-electron chi connectivity index (χ3n) is 3.57. The lowest BCUT2D eigenvalue weighted by Gasteiger charge is -2.17. The van der Waals surface area contributed by atoms with E-state index in [1.165, 1.54) is 14.0 Å². The van der Waals surface area contributed by atoms with Crippen LogP contribution in [0, 0.1) is 5.92 Å². The minimum absolute atomic E-state index is 0.0595. The second-order valence-corrected chi connectivity index (χ2v) is 8.50. The van der Waals surface area contributed by atoms with E-state index in [9.17, 15) is 19.4 Å². The van der Waals surface area contributed by atoms with Gasteiger partial charge in [0.2, 0.25) is 5.91 Å². The van der Waals surface area contributed by atoms with Crippen molar-refractivity contribution >= 4 is 22.3 Å². The van der Waals surface area contributed by atoms with E-state index in [1.807, 2.05) is 0 Å². The highest BCUT2D eigenvalue weighted by Gasteiger charge is 2.23. The maximum atomic E-state index is 11.8. The number of ether oxygens (including phenoxy) is 2. The van der Waals surface area contributed by atoms with E-state index in [-0.39, 0.29) is 64.7 Å². The number of aliphatic hydroxyl groups excluding tert-OH is 1. The maximum absolute atomic E-state index is 11.8. The lowest BCUT2D eigenvalue weighted by molar-refractivity contribution is -0.188. The molecule has 0 saturated heterocycles. The number of unbranched alkanes of at least 4 members (excludes halogenated alkanes) is 1. The first-order valence-corrected chi connectivity index (χ1v) is 12.4. The molecule has 0 spiro atoms. The number of phosphoric acid groups is 1. The molecule has 1 amide bonds. The molecule has 0 bridgehead atoms. The summed E-state index contributed by atoms with van der Waals surface area (Å²) in [6.45, 7) is 2.40. The molecule has 15 heteroatoms. The van der Waals surface area contributed by atoms with E-state index in [0.717, 1.165) is 12.8 Å². The molecule has 0 heterocycles. The van der Waals surface area contributed by atoms with Crippen molar-refractivity contribution in [3.8, 4) is 0 Å². The lowest BCUT2D eigenvalue weighted by atomic mass is 10.0. The van der Waals surface area contributed by atoms with E-state index in [0.29, 0.717) is 13.0 Å². The number of carbonyl (C=O) groups is 1. The zero-order valence-corrected chi connectivity index (χ0v) is 19.8. The van der Waals surface area contributed by atoms with Crippen LogP contribution in [0.2, 0.25) is 0 Å². The van der Waals surface area contributed by atoms with Gasteiger partial charge in [0.05, 0.1) is 53.4 Å². The average Bonchev–Trinajstić information content (AvgIpc) is 2.71. The fourth-order valence-corrected chi connectivity index (χ4v) is 3.26. The zero-order valence-electron chi connectivity index (χ0n) is 18.0. The number of aliphatic hydroxyl groups is 1. The van der Waals surface area contributed by atoms with Crippen molar-refractivity contribution in [2.75, 3.05) is 66.5 Å². The van der Waals surface area contributed by atoms with Crippen molar-refractivity contribution in [1.82, 2.24) is 5.32 Å². The summed E-state index contributed by atoms with van der Waals surface area (Å²) in [4.78, 5) is 33.8. The molecule has 0 aromatic carbocycles. The van der Waals surface area contributed by atoms with Crippen LogP contribution < -0.4 is 5.32 Å². The molecule has 186 valence electrons. The molecule has 0 aromatic rings. The molecule has 0 rings (SSSR count). The first-order valence-electron chi connectivity index (χ1n) is 9.76. The summed E-state index contributed by atoms with van der Waals surface area (Å²) >= 11 is 0. The van der Waals surface area contributed by atoms with Gasteiger partial charge >= 0.3 is 16.4 Å². The smallest absolute Gasteiger partial charge is 0.396 e. The molecule has 0 radical (unpaired) electrons. The number of hydrogen-bond acceptors (Lipinski definition) is 11. The normalized spacial score (nSPS) is 15.4. The van der Waals surface area contributed by atoms with Crippen LogP contribution in [0.3, 0.4) is 0 Å². The molecular formula is C16H35NO12P2. The Morgan fingerprint density at radius 3 is 2.32 bits per heavy atom. The van der Waals surface area contributed by atoms with Gasteiger partial charge in [-0.25, -0.2) is 9.45 Å². The van der Waals surface area contributed by atoms with Gasteiger partial charge in [0.25, 0.3) is 0 Å². The van der Waals surface area contributed by atoms with E-state index >= 15 is 0 Å². The molecule has 0 aliphatic carbocycles. The average molecular weight is 495 g/mol. The molecular weight excluding hydrogens is 460 g/mol. The van der Waals surface area contributed by atoms with Crippen LogP contribution in [-0.2, 0) is 42.0 Å². The van der Waals surface area contributed by atoms with Crippen molar-refractivity contribution in [3.05, 3.63) is 0 Å². The lowest BCUT2D eigenvalue weighted by Crippen LogP contribution is -2.21. The summed E-state index contributed by atoms with van der Waals surface area (Å²) in [5, 5.41) is 12.0. The van der Waals surface area contributed by atoms with Gasteiger partial charge in [-0.3, -0.25) is 13.8 Å². The Morgan fingerprint density at radius 2 is 1.71 bits per heavy atom. The van der Waals surface area contributed by atoms with Gasteiger partial charge in [-0.05, 0) is 12.8 Å². The predicted octanol–water partition coefficient (Wildman–Crippen LogP) is 0.882. The molecule has 3 atom stereocenters. The number of hydrogen-bond donors (Lipinski definition) is 4. The van der Waals surface area contributed by atoms with Crippen molar-refractivity contribution in [2.24, 2.45) is 5.92 Å². The van der Waals surface area contributed by atoms with Crippen molar-refractivity contribution < 1.29 is 56.9 Å². The van der Waals surface area contributed by atoms with Crippen molar-refractivity contribution in [3.63, 3.8) is 0 Å². The Labute approximate surface area is 183 Å². The zero-order chi connectivity index (χ0) is 23.4. The third kappa shape index (κ3) is 21.3. The number of nitrogens with one attached hydrogen (secondary N) is 1. The number of carbonyl (C=O) groups excluding carboxylic acids is 1. The van der Waals surface area contributed by atoms with Crippen LogP contribution in [0.1, 0.15) is 26.2 Å². The molecule has 0 aliphatic rings. The molecule has 0 saturated carbocycles. The van der Waals surface area contributed by atoms with Crippen LogP contribution in [0.5, 0.6) is 0 Å². The topological polar surface area (TPSA) is 171 Å². The number of phosphoric ester groups is 1. The SMILES string of the molecule is COOP(O)OCCOCCOCCOP(=O)(O)OCC(CO)CCCCNC(C)=O. The van der Waals surface area contributed by atoms with Gasteiger partial charge in [-0.1, -0.05) is 6.42 Å². The van der Waals surface area contributed by atoms with E-state index in [1.54, 1.807) is 0 Å². The second kappa shape index (κ2) is 20.3. The van der Waals surface area contributed by atoms with Crippen LogP contribution in [0.25, 0.3) is 0 Å². The van der Waals surface area contributed by atoms with Crippen molar-refractivity contribution in [2.45, 2.75) is 26.2 Å². The first-order chi connectivity index (χ1) is 14.8. The molecule has 13 nitrogen and oxygen atoms in total. The molecule has 3 unspecified atom stereocenters. The largest absolute Gasteiger partial charge is 0.472 e. The summed E-state index contributed by atoms with van der Waals surface area (Å²) in [5.74, 6) is -0.403. The summed E-state index contributed by atoms with van der Waals surface area (Å²) in [6, 6.07) is 0. The Bertz CT molecular complexity index is 488. The molecule has 0 aromatic heterocycles. The van der Waals surface area contributed by atoms with Gasteiger partial charge < -0.3 is 34.2 Å². The predicted molar refractivity (Wildman–Crippen MR) is 110 cm³/mol. The fourth-order valence-electron chi connectivity index (χ4n) is 2.08. The monoisotopic (exact) mass is 495 g/mol. The van der Waals surface area contributed by atoms with Crippen LogP contribution in [0.15, 0.2) is 0 Å². The molecule has 0 aliphatic heterocycles. The minimum atomic E-state index is -4.24. The third-order valence-corrected chi connectivity index (χ3v) is 5.23. The second-order valence-electron chi connectivity index (χ2n) is 6.16. The van der Waals surface area contributed by atoms with Crippen LogP contribution in [-0.4, -0.2) is 87.3 Å². The van der Waals surface area contributed by atoms with Gasteiger partial charge in [0.1, 0.15) is 0 Å². The van der Waals surface area contributed by atoms with E-state index < -0.39 is 16.4 Å². The summed E-state index contributed by atoms with van der Waals surface area (Å²) in [6.07, 6.45) is 2.06. The Kier molecular flexibility index (Phi) is 20.2. The number of rotatable bonds is 22. The Hall–Kier alpha value is -0.270. The van der Waals surface area contributed by atoms with Crippen LogP contribution >= 0.6 is 16.4 Å². The maximum Gasteiger partial charge on any atom is 0.472 e. The van der Waals surface area contributed by atoms with E-state index in [4.69, 9.17) is 27.9 Å². The minimum Gasteiger partial charge on any atom is -0.396 e. The van der Waals surface area contributed by atoms with Gasteiger partial charge in [0, 0.05) is 26.0 Å². The Morgan fingerprint density at radius 1 is 1.06 bits per heavy atom. The summed E-state index contributed by atoms with van der Waals surface area (Å²) < 4.78 is 41.1. The van der Waals surface area contributed by atoms with E-state index in [2.05, 4.69) is 14.9 Å². The highest BCUT2D eigenvalue weighted by molar-refractivity contribution is 7.47. The number of amides is 1. The fraction of sp³-hybridized carbons (Fsp3) is 0.938. The van der Waals surface area contributed by atoms with Crippen molar-refractivity contribution in [1.29, 1.82) is 0 Å². The summed E-state index contributed by atoms with van der Waals surface area (Å²) in [5.41, 5.74) is 0. The standard InChI is InChI=1S/C16H35NO12P2/c1-15(19)17-6-4-3-5-16(13-18)14-28-31(21,22)27-12-10-25-8-7-24-9-11-26-30(20)29-23-2/h16,18,20H,3-14H2,1-2H3,(H,17,19)(H,21,22). The van der Waals surface area contributed by atoms with Gasteiger partial charge in [-0.2, -0.15) is 4.67 Å². The highest BCUT2D eigenvalue weighted by Crippen LogP contribution is 2.43. The quantitative estimate of drug-likeness (QED) is 0.0724. The molecule has 0 fully saturated rings.